The van der Waals surface area contributed by atoms with E-state index in [0.717, 1.165) is 38.5 Å². The fraction of sp³-hybridized carbons (Fsp3) is 0.870. The second-order valence-electron chi connectivity index (χ2n) is 16.8. The van der Waals surface area contributed by atoms with Gasteiger partial charge in [0.1, 0.15) is 19.8 Å². The van der Waals surface area contributed by atoms with E-state index in [1.165, 1.54) is 128 Å². The van der Waals surface area contributed by atoms with Gasteiger partial charge in [0.25, 0.3) is 7.82 Å². The first-order valence-corrected chi connectivity index (χ1v) is 24.5. The van der Waals surface area contributed by atoms with Crippen LogP contribution >= 0.6 is 7.82 Å². The number of phosphoric acid groups is 1. The van der Waals surface area contributed by atoms with Crippen LogP contribution < -0.4 is 4.89 Å². The molecule has 0 aromatic carbocycles. The zero-order valence-electron chi connectivity index (χ0n) is 37.1. The zero-order valence-corrected chi connectivity index (χ0v) is 38.0. The number of carbonyl (C=O) groups excluding carboxylic acids is 2. The highest BCUT2D eigenvalue weighted by Crippen LogP contribution is 2.38. The van der Waals surface area contributed by atoms with Gasteiger partial charge >= 0.3 is 11.9 Å². The van der Waals surface area contributed by atoms with Crippen LogP contribution in [0.1, 0.15) is 206 Å². The predicted octanol–water partition coefficient (Wildman–Crippen LogP) is 12.5. The first-order valence-electron chi connectivity index (χ1n) is 23.0. The Morgan fingerprint density at radius 3 is 1.38 bits per heavy atom. The lowest BCUT2D eigenvalue weighted by molar-refractivity contribution is -0.870. The molecule has 1 unspecified atom stereocenters. The molecule has 0 spiro atoms. The third-order valence-electron chi connectivity index (χ3n) is 9.94. The highest BCUT2D eigenvalue weighted by Gasteiger charge is 2.21. The summed E-state index contributed by atoms with van der Waals surface area (Å²) >= 11 is 0. The van der Waals surface area contributed by atoms with Crippen LogP contribution in [0.3, 0.4) is 0 Å². The second kappa shape index (κ2) is 39.0. The lowest BCUT2D eigenvalue weighted by atomic mass is 10.1. The first kappa shape index (κ1) is 54.5. The van der Waals surface area contributed by atoms with Gasteiger partial charge < -0.3 is 27.9 Å². The Bertz CT molecular complexity index is 1010. The summed E-state index contributed by atoms with van der Waals surface area (Å²) in [5.41, 5.74) is 0. The Morgan fingerprint density at radius 1 is 0.536 bits per heavy atom. The van der Waals surface area contributed by atoms with Crippen LogP contribution in [0.25, 0.3) is 0 Å². The van der Waals surface area contributed by atoms with Crippen molar-refractivity contribution in [1.82, 2.24) is 0 Å². The highest BCUT2D eigenvalue weighted by molar-refractivity contribution is 7.45. The summed E-state index contributed by atoms with van der Waals surface area (Å²) in [6.07, 6.45) is 42.0. The Hall–Kier alpha value is -1.51. The summed E-state index contributed by atoms with van der Waals surface area (Å²) < 4.78 is 33.9. The van der Waals surface area contributed by atoms with Crippen molar-refractivity contribution in [3.05, 3.63) is 24.3 Å². The van der Waals surface area contributed by atoms with Gasteiger partial charge in [-0.3, -0.25) is 14.2 Å². The Balaban J connectivity index is 4.34. The number of allylic oxidation sites excluding steroid dienone is 4. The van der Waals surface area contributed by atoms with Crippen molar-refractivity contribution in [3.8, 4) is 0 Å². The molecule has 0 aromatic heterocycles. The normalized spacial score (nSPS) is 13.8. The van der Waals surface area contributed by atoms with Crippen molar-refractivity contribution >= 4 is 19.8 Å². The third-order valence-corrected chi connectivity index (χ3v) is 10.9. The largest absolute Gasteiger partial charge is 0.756 e. The maximum Gasteiger partial charge on any atom is 0.306 e. The summed E-state index contributed by atoms with van der Waals surface area (Å²) in [7, 11) is 1.16. The highest BCUT2D eigenvalue weighted by atomic mass is 31.2. The lowest BCUT2D eigenvalue weighted by Crippen LogP contribution is -2.37. The lowest BCUT2D eigenvalue weighted by Gasteiger charge is -2.28. The number of unbranched alkanes of at least 4 members (excludes halogenated alkanes) is 24. The number of ether oxygens (including phenoxy) is 2. The number of nitrogens with zero attached hydrogens (tertiary/aromatic N) is 1. The van der Waals surface area contributed by atoms with E-state index in [-0.39, 0.29) is 26.1 Å². The van der Waals surface area contributed by atoms with Crippen molar-refractivity contribution in [2.75, 3.05) is 47.5 Å². The molecule has 2 atom stereocenters. The number of carbonyl (C=O) groups is 2. The van der Waals surface area contributed by atoms with Crippen LogP contribution in [0.4, 0.5) is 0 Å². The smallest absolute Gasteiger partial charge is 0.306 e. The molecule has 0 saturated heterocycles. The molecule has 0 N–H and O–H groups in total. The average Bonchev–Trinajstić information content (AvgIpc) is 3.15. The van der Waals surface area contributed by atoms with E-state index in [0.29, 0.717) is 23.9 Å². The molecule has 0 amide bonds. The van der Waals surface area contributed by atoms with Crippen molar-refractivity contribution < 1.29 is 42.1 Å². The second-order valence-corrected chi connectivity index (χ2v) is 18.2. The molecule has 0 bridgehead atoms. The summed E-state index contributed by atoms with van der Waals surface area (Å²) in [4.78, 5) is 37.5. The van der Waals surface area contributed by atoms with Crippen LogP contribution in [0.2, 0.25) is 0 Å². The molecule has 0 rings (SSSR count). The molecule has 0 aliphatic carbocycles. The Kier molecular flexibility index (Phi) is 37.9. The summed E-state index contributed by atoms with van der Waals surface area (Å²) in [5, 5.41) is 0. The van der Waals surface area contributed by atoms with E-state index in [4.69, 9.17) is 18.5 Å². The Morgan fingerprint density at radius 2 is 0.911 bits per heavy atom. The van der Waals surface area contributed by atoms with Gasteiger partial charge in [-0.25, -0.2) is 0 Å². The quantitative estimate of drug-likeness (QED) is 0.0197. The van der Waals surface area contributed by atoms with Crippen molar-refractivity contribution in [3.63, 3.8) is 0 Å². The van der Waals surface area contributed by atoms with E-state index in [2.05, 4.69) is 38.2 Å². The van der Waals surface area contributed by atoms with E-state index in [1.807, 2.05) is 21.1 Å². The molecular formula is C46H88NO8P. The minimum absolute atomic E-state index is 0.0327. The van der Waals surface area contributed by atoms with E-state index >= 15 is 0 Å². The molecule has 0 saturated carbocycles. The number of quaternary nitrogens is 1. The SMILES string of the molecule is CCCCCC/C=C/CCCCCCCCCCCC(=O)O[C@H](COC(=O)CCCC/C=C/CCCCCCCCCCC)COP(=O)([O-])OCC[N+](C)(C)C. The van der Waals surface area contributed by atoms with E-state index in [9.17, 15) is 19.0 Å². The minimum Gasteiger partial charge on any atom is -0.756 e. The average molecular weight is 814 g/mol. The topological polar surface area (TPSA) is 111 Å². The number of hydrogen-bond donors (Lipinski definition) is 0. The molecule has 0 aromatic rings. The summed E-state index contributed by atoms with van der Waals surface area (Å²) in [6.45, 7) is 4.21. The number of phosphoric ester groups is 1. The molecule has 0 heterocycles. The van der Waals surface area contributed by atoms with Gasteiger partial charge in [0.15, 0.2) is 6.10 Å². The zero-order chi connectivity index (χ0) is 41.4. The summed E-state index contributed by atoms with van der Waals surface area (Å²) in [6, 6.07) is 0. The maximum absolute atomic E-state index is 12.7. The van der Waals surface area contributed by atoms with Crippen molar-refractivity contribution in [1.29, 1.82) is 0 Å². The van der Waals surface area contributed by atoms with Gasteiger partial charge in [-0.05, 0) is 64.2 Å². The third kappa shape index (κ3) is 42.1. The van der Waals surface area contributed by atoms with E-state index in [1.54, 1.807) is 0 Å². The van der Waals surface area contributed by atoms with Crippen molar-refractivity contribution in [2.24, 2.45) is 0 Å². The standard InChI is InChI=1S/C46H88NO8P/c1-6-8-10-12-14-16-18-20-22-23-25-27-29-31-33-35-37-39-46(49)55-44(43-54-56(50,51)53-41-40-47(3,4)5)42-52-45(48)38-36-34-32-30-28-26-24-21-19-17-15-13-11-9-7-2/h16,18,28,30,44H,6-15,17,19-27,29,31-43H2,1-5H3/b18-16+,30-28+/t44-/m1/s1. The fourth-order valence-electron chi connectivity index (χ4n) is 6.29. The fourth-order valence-corrected chi connectivity index (χ4v) is 7.02. The minimum atomic E-state index is -4.63. The van der Waals surface area contributed by atoms with E-state index < -0.39 is 32.5 Å². The van der Waals surface area contributed by atoms with Gasteiger partial charge in [0, 0.05) is 12.8 Å². The molecule has 56 heavy (non-hydrogen) atoms. The summed E-state index contributed by atoms with van der Waals surface area (Å²) in [5.74, 6) is -0.857. The molecule has 0 aliphatic rings. The van der Waals surface area contributed by atoms with Gasteiger partial charge in [0.2, 0.25) is 0 Å². The maximum atomic E-state index is 12.7. The van der Waals surface area contributed by atoms with Crippen LogP contribution in [0, 0.1) is 0 Å². The molecule has 9 nitrogen and oxygen atoms in total. The number of hydrogen-bond acceptors (Lipinski definition) is 8. The van der Waals surface area contributed by atoms with Crippen molar-refractivity contribution in [2.45, 2.75) is 213 Å². The van der Waals surface area contributed by atoms with Gasteiger partial charge in [-0.15, -0.1) is 0 Å². The van der Waals surface area contributed by atoms with Crippen LogP contribution in [-0.2, 0) is 32.7 Å². The predicted molar refractivity (Wildman–Crippen MR) is 231 cm³/mol. The molecule has 0 fully saturated rings. The number of likely N-dealkylation sites (N-methyl/N-ethyl adjacent to an activating group) is 1. The van der Waals surface area contributed by atoms with Gasteiger partial charge in [0.05, 0.1) is 27.7 Å². The van der Waals surface area contributed by atoms with Crippen LogP contribution in [0.5, 0.6) is 0 Å². The molecular weight excluding hydrogens is 725 g/mol. The number of esters is 2. The van der Waals surface area contributed by atoms with Gasteiger partial charge in [-0.2, -0.15) is 0 Å². The first-order chi connectivity index (χ1) is 27.0. The molecule has 10 heteroatoms. The van der Waals surface area contributed by atoms with Gasteiger partial charge in [-0.1, -0.05) is 154 Å². The molecule has 330 valence electrons. The monoisotopic (exact) mass is 814 g/mol. The molecule has 0 radical (unpaired) electrons. The van der Waals surface area contributed by atoms with Crippen LogP contribution in [-0.4, -0.2) is 70.0 Å². The molecule has 0 aliphatic heterocycles. The Labute approximate surface area is 345 Å². The number of rotatable bonds is 42. The van der Waals surface area contributed by atoms with Crippen LogP contribution in [0.15, 0.2) is 24.3 Å².